The molecule has 5 nitrogen and oxygen atoms in total. The molecule has 1 aliphatic rings. The highest BCUT2D eigenvalue weighted by molar-refractivity contribution is 5.68. The van der Waals surface area contributed by atoms with Crippen molar-refractivity contribution in [1.29, 1.82) is 0 Å². The molecule has 2 rings (SSSR count). The van der Waals surface area contributed by atoms with Crippen molar-refractivity contribution in [3.63, 3.8) is 0 Å². The molecule has 1 aromatic rings. The van der Waals surface area contributed by atoms with Crippen molar-refractivity contribution < 1.29 is 19.0 Å². The first-order valence-corrected chi connectivity index (χ1v) is 7.43. The van der Waals surface area contributed by atoms with Crippen LogP contribution in [0.25, 0.3) is 0 Å². The largest absolute Gasteiger partial charge is 0.508 e. The molecule has 2 N–H and O–H groups in total. The Balaban J connectivity index is 1.84. The molecule has 1 aromatic carbocycles. The Labute approximate surface area is 130 Å². The number of ether oxygens (including phenoxy) is 1. The minimum atomic E-state index is -0.504. The fourth-order valence-corrected chi connectivity index (χ4v) is 2.37. The fourth-order valence-electron chi connectivity index (χ4n) is 2.37. The quantitative estimate of drug-likeness (QED) is 0.901. The molecule has 0 aliphatic carbocycles. The van der Waals surface area contributed by atoms with Crippen molar-refractivity contribution in [2.24, 2.45) is 0 Å². The minimum Gasteiger partial charge on any atom is -0.508 e. The van der Waals surface area contributed by atoms with Gasteiger partial charge in [-0.25, -0.2) is 9.18 Å². The van der Waals surface area contributed by atoms with Crippen LogP contribution in [0.1, 0.15) is 32.8 Å². The van der Waals surface area contributed by atoms with Crippen LogP contribution in [0.5, 0.6) is 5.75 Å². The monoisotopic (exact) mass is 310 g/mol. The number of amides is 1. The Morgan fingerprint density at radius 3 is 2.91 bits per heavy atom. The van der Waals surface area contributed by atoms with Crippen LogP contribution in [-0.4, -0.2) is 40.8 Å². The lowest BCUT2D eigenvalue weighted by Crippen LogP contribution is -2.38. The van der Waals surface area contributed by atoms with Crippen LogP contribution in [-0.2, 0) is 11.3 Å². The van der Waals surface area contributed by atoms with Crippen LogP contribution in [0.2, 0.25) is 0 Å². The maximum atomic E-state index is 13.2. The molecule has 122 valence electrons. The first-order valence-electron chi connectivity index (χ1n) is 7.43. The summed E-state index contributed by atoms with van der Waals surface area (Å²) < 4.78 is 18.5. The normalized spacial score (nSPS) is 18.5. The van der Waals surface area contributed by atoms with E-state index >= 15 is 0 Å². The summed E-state index contributed by atoms with van der Waals surface area (Å²) in [6.07, 6.45) is 0.486. The van der Waals surface area contributed by atoms with E-state index in [1.807, 2.05) is 20.8 Å². The van der Waals surface area contributed by atoms with Gasteiger partial charge in [0.25, 0.3) is 0 Å². The molecule has 1 amide bonds. The van der Waals surface area contributed by atoms with E-state index in [-0.39, 0.29) is 23.7 Å². The van der Waals surface area contributed by atoms with Gasteiger partial charge in [-0.3, -0.25) is 0 Å². The van der Waals surface area contributed by atoms with Crippen molar-refractivity contribution in [2.45, 2.75) is 45.4 Å². The van der Waals surface area contributed by atoms with E-state index in [1.165, 1.54) is 18.2 Å². The summed E-state index contributed by atoms with van der Waals surface area (Å²) in [6.45, 7) is 7.04. The molecule has 0 radical (unpaired) electrons. The maximum absolute atomic E-state index is 13.2. The number of likely N-dealkylation sites (tertiary alicyclic amines) is 1. The number of halogens is 1. The van der Waals surface area contributed by atoms with Crippen LogP contribution >= 0.6 is 0 Å². The molecule has 1 heterocycles. The van der Waals surface area contributed by atoms with Crippen molar-refractivity contribution in [3.8, 4) is 5.75 Å². The summed E-state index contributed by atoms with van der Waals surface area (Å²) in [4.78, 5) is 13.6. The number of aromatic hydroxyl groups is 1. The van der Waals surface area contributed by atoms with Gasteiger partial charge in [0.15, 0.2) is 0 Å². The zero-order valence-electron chi connectivity index (χ0n) is 13.2. The number of rotatable bonds is 3. The Morgan fingerprint density at radius 1 is 1.50 bits per heavy atom. The number of nitrogens with one attached hydrogen (secondary N) is 1. The van der Waals surface area contributed by atoms with E-state index < -0.39 is 5.60 Å². The molecule has 1 atom stereocenters. The van der Waals surface area contributed by atoms with E-state index in [4.69, 9.17) is 4.74 Å². The zero-order valence-corrected chi connectivity index (χ0v) is 13.2. The third kappa shape index (κ3) is 4.59. The third-order valence-electron chi connectivity index (χ3n) is 3.46. The van der Waals surface area contributed by atoms with E-state index in [9.17, 15) is 14.3 Å². The molecule has 22 heavy (non-hydrogen) atoms. The summed E-state index contributed by atoms with van der Waals surface area (Å²) in [5.41, 5.74) is 0.00591. The lowest BCUT2D eigenvalue weighted by atomic mass is 10.1. The van der Waals surface area contributed by atoms with Crippen molar-refractivity contribution in [2.75, 3.05) is 13.1 Å². The molecular weight excluding hydrogens is 287 g/mol. The van der Waals surface area contributed by atoms with E-state index in [1.54, 1.807) is 4.90 Å². The number of hydrogen-bond donors (Lipinski definition) is 2. The van der Waals surface area contributed by atoms with Gasteiger partial charge in [0.1, 0.15) is 17.2 Å². The van der Waals surface area contributed by atoms with Crippen molar-refractivity contribution in [1.82, 2.24) is 10.2 Å². The van der Waals surface area contributed by atoms with Gasteiger partial charge < -0.3 is 20.1 Å². The number of phenolic OH excluding ortho intramolecular Hbond substituents is 1. The van der Waals surface area contributed by atoms with Gasteiger partial charge in [-0.05, 0) is 45.4 Å². The molecule has 6 heteroatoms. The molecule has 0 saturated carbocycles. The summed E-state index contributed by atoms with van der Waals surface area (Å²) in [6, 6.07) is 3.98. The van der Waals surface area contributed by atoms with E-state index in [2.05, 4.69) is 5.32 Å². The Morgan fingerprint density at radius 2 is 2.23 bits per heavy atom. The molecule has 0 spiro atoms. The van der Waals surface area contributed by atoms with Crippen LogP contribution in [0, 0.1) is 5.82 Å². The molecule has 0 bridgehead atoms. The van der Waals surface area contributed by atoms with Crippen LogP contribution < -0.4 is 5.32 Å². The van der Waals surface area contributed by atoms with Gasteiger partial charge in [0, 0.05) is 31.2 Å². The fraction of sp³-hybridized carbons (Fsp3) is 0.562. The topological polar surface area (TPSA) is 61.8 Å². The highest BCUT2D eigenvalue weighted by Crippen LogP contribution is 2.19. The number of carbonyl (C=O) groups is 1. The van der Waals surface area contributed by atoms with Gasteiger partial charge in [0.2, 0.25) is 0 Å². The lowest BCUT2D eigenvalue weighted by Gasteiger charge is -2.24. The predicted molar refractivity (Wildman–Crippen MR) is 81.1 cm³/mol. The highest BCUT2D eigenvalue weighted by Gasteiger charge is 2.29. The van der Waals surface area contributed by atoms with Crippen LogP contribution in [0.4, 0.5) is 9.18 Å². The molecule has 1 unspecified atom stereocenters. The SMILES string of the molecule is CC(C)(C)OC(=O)N1CCC(NCc2cc(F)ccc2O)C1. The first-order chi connectivity index (χ1) is 10.2. The molecular formula is C16H23FN2O3. The standard InChI is InChI=1S/C16H23FN2O3/c1-16(2,3)22-15(21)19-7-6-13(10-19)18-9-11-8-12(17)4-5-14(11)20/h4-5,8,13,18,20H,6-7,9-10H2,1-3H3. The summed E-state index contributed by atoms with van der Waals surface area (Å²) in [5.74, 6) is -0.313. The van der Waals surface area contributed by atoms with Gasteiger partial charge in [-0.15, -0.1) is 0 Å². The van der Waals surface area contributed by atoms with Crippen LogP contribution in [0.15, 0.2) is 18.2 Å². The van der Waals surface area contributed by atoms with Gasteiger partial charge in [0.05, 0.1) is 0 Å². The number of phenols is 1. The van der Waals surface area contributed by atoms with Crippen LogP contribution in [0.3, 0.4) is 0 Å². The molecule has 1 aliphatic heterocycles. The molecule has 1 fully saturated rings. The van der Waals surface area contributed by atoms with Gasteiger partial charge in [-0.2, -0.15) is 0 Å². The van der Waals surface area contributed by atoms with Crippen molar-refractivity contribution >= 4 is 6.09 Å². The second-order valence-corrected chi connectivity index (χ2v) is 6.57. The smallest absolute Gasteiger partial charge is 0.410 e. The summed E-state index contributed by atoms with van der Waals surface area (Å²) >= 11 is 0. The number of carbonyl (C=O) groups excluding carboxylic acids is 1. The number of nitrogens with zero attached hydrogens (tertiary/aromatic N) is 1. The minimum absolute atomic E-state index is 0.0656. The second-order valence-electron chi connectivity index (χ2n) is 6.57. The average Bonchev–Trinajstić information content (AvgIpc) is 2.87. The Bertz CT molecular complexity index is 543. The van der Waals surface area contributed by atoms with Gasteiger partial charge in [-0.1, -0.05) is 0 Å². The maximum Gasteiger partial charge on any atom is 0.410 e. The second kappa shape index (κ2) is 6.52. The Hall–Kier alpha value is -1.82. The number of hydrogen-bond acceptors (Lipinski definition) is 4. The Kier molecular flexibility index (Phi) is 4.90. The predicted octanol–water partition coefficient (Wildman–Crippen LogP) is 2.63. The van der Waals surface area contributed by atoms with E-state index in [0.29, 0.717) is 25.2 Å². The van der Waals surface area contributed by atoms with Gasteiger partial charge >= 0.3 is 6.09 Å². The summed E-state index contributed by atoms with van der Waals surface area (Å²) in [5, 5.41) is 12.9. The molecule has 0 aromatic heterocycles. The average molecular weight is 310 g/mol. The van der Waals surface area contributed by atoms with Crippen molar-refractivity contribution in [3.05, 3.63) is 29.6 Å². The summed E-state index contributed by atoms with van der Waals surface area (Å²) in [7, 11) is 0. The number of benzene rings is 1. The molecule has 1 saturated heterocycles. The highest BCUT2D eigenvalue weighted by atomic mass is 19.1. The van der Waals surface area contributed by atoms with E-state index in [0.717, 1.165) is 6.42 Å². The zero-order chi connectivity index (χ0) is 16.3. The third-order valence-corrected chi connectivity index (χ3v) is 3.46. The lowest BCUT2D eigenvalue weighted by molar-refractivity contribution is 0.0291. The first kappa shape index (κ1) is 16.5.